The first-order chi connectivity index (χ1) is 11.8. The third-order valence-electron chi connectivity index (χ3n) is 4.19. The Kier molecular flexibility index (Phi) is 3.91. The molecule has 5 nitrogen and oxygen atoms in total. The number of fused-ring (bicyclic) bond motifs is 1. The van der Waals surface area contributed by atoms with Gasteiger partial charge in [-0.05, 0) is 54.3 Å². The molecule has 1 aliphatic carbocycles. The number of carbonyl (C=O) groups excluding carboxylic acids is 1. The Labute approximate surface area is 140 Å². The zero-order valence-corrected chi connectivity index (χ0v) is 13.2. The Morgan fingerprint density at radius 1 is 1.17 bits per heavy atom. The number of rotatable bonds is 5. The fourth-order valence-electron chi connectivity index (χ4n) is 2.74. The van der Waals surface area contributed by atoms with E-state index in [1.807, 2.05) is 41.3 Å². The van der Waals surface area contributed by atoms with Crippen LogP contribution in [-0.4, -0.2) is 28.6 Å². The van der Waals surface area contributed by atoms with Gasteiger partial charge in [-0.3, -0.25) is 9.78 Å². The van der Waals surface area contributed by atoms with Crippen LogP contribution in [0.1, 0.15) is 24.0 Å². The van der Waals surface area contributed by atoms with E-state index in [-0.39, 0.29) is 12.7 Å². The Morgan fingerprint density at radius 3 is 2.75 bits per heavy atom. The first-order valence-electron chi connectivity index (χ1n) is 8.07. The van der Waals surface area contributed by atoms with Crippen molar-refractivity contribution in [2.24, 2.45) is 0 Å². The highest BCUT2D eigenvalue weighted by molar-refractivity contribution is 5.92. The van der Waals surface area contributed by atoms with Crippen LogP contribution in [0.3, 0.4) is 0 Å². The molecule has 1 saturated carbocycles. The molecule has 0 radical (unpaired) electrons. The van der Waals surface area contributed by atoms with E-state index in [1.165, 1.54) is 0 Å². The molecule has 0 spiro atoms. The second-order valence-corrected chi connectivity index (χ2v) is 6.00. The van der Waals surface area contributed by atoms with E-state index in [2.05, 4.69) is 4.98 Å². The van der Waals surface area contributed by atoms with Gasteiger partial charge in [-0.2, -0.15) is 0 Å². The van der Waals surface area contributed by atoms with E-state index in [0.717, 1.165) is 35.5 Å². The molecule has 4 rings (SSSR count). The molecule has 122 valence electrons. The molecule has 2 heterocycles. The molecule has 0 bridgehead atoms. The highest BCUT2D eigenvalue weighted by Gasteiger charge is 2.31. The fraction of sp³-hybridized carbons (Fsp3) is 0.263. The van der Waals surface area contributed by atoms with Gasteiger partial charge in [-0.25, -0.2) is 0 Å². The predicted octanol–water partition coefficient (Wildman–Crippen LogP) is 3.01. The lowest BCUT2D eigenvalue weighted by atomic mass is 10.2. The Morgan fingerprint density at radius 2 is 1.96 bits per heavy atom. The van der Waals surface area contributed by atoms with Crippen molar-refractivity contribution in [2.75, 3.05) is 6.79 Å². The van der Waals surface area contributed by atoms with Crippen molar-refractivity contribution in [3.8, 4) is 11.5 Å². The summed E-state index contributed by atoms with van der Waals surface area (Å²) < 4.78 is 10.7. The third-order valence-corrected chi connectivity index (χ3v) is 4.19. The minimum atomic E-state index is 0.0342. The molecule has 1 fully saturated rings. The number of nitrogens with zero attached hydrogens (tertiary/aromatic N) is 2. The Bertz CT molecular complexity index is 769. The molecule has 0 N–H and O–H groups in total. The van der Waals surface area contributed by atoms with Gasteiger partial charge in [-0.1, -0.05) is 6.07 Å². The van der Waals surface area contributed by atoms with Crippen LogP contribution in [0.4, 0.5) is 0 Å². The summed E-state index contributed by atoms with van der Waals surface area (Å²) in [6.45, 7) is 0.875. The van der Waals surface area contributed by atoms with Crippen LogP contribution < -0.4 is 9.47 Å². The molecule has 0 saturated heterocycles. The average molecular weight is 322 g/mol. The largest absolute Gasteiger partial charge is 0.454 e. The zero-order chi connectivity index (χ0) is 16.4. The summed E-state index contributed by atoms with van der Waals surface area (Å²) in [5.41, 5.74) is 2.02. The second kappa shape index (κ2) is 6.35. The minimum Gasteiger partial charge on any atom is -0.454 e. The smallest absolute Gasteiger partial charge is 0.247 e. The van der Waals surface area contributed by atoms with Crippen LogP contribution in [0.25, 0.3) is 6.08 Å². The van der Waals surface area contributed by atoms with Crippen LogP contribution in [-0.2, 0) is 11.3 Å². The summed E-state index contributed by atoms with van der Waals surface area (Å²) in [4.78, 5) is 18.6. The van der Waals surface area contributed by atoms with Crippen molar-refractivity contribution in [1.82, 2.24) is 9.88 Å². The van der Waals surface area contributed by atoms with Crippen molar-refractivity contribution >= 4 is 12.0 Å². The first kappa shape index (κ1) is 14.8. The number of aromatic nitrogens is 1. The third kappa shape index (κ3) is 3.25. The van der Waals surface area contributed by atoms with Gasteiger partial charge in [0.05, 0.1) is 0 Å². The van der Waals surface area contributed by atoms with E-state index in [4.69, 9.17) is 9.47 Å². The number of pyridine rings is 1. The molecule has 1 aromatic carbocycles. The zero-order valence-electron chi connectivity index (χ0n) is 13.2. The van der Waals surface area contributed by atoms with Crippen molar-refractivity contribution in [2.45, 2.75) is 25.4 Å². The standard InChI is InChI=1S/C19H18N2O3/c22-19(6-2-14-1-5-17-18(11-14)24-13-23-17)21(16-3-4-16)12-15-7-9-20-10-8-15/h1-2,5-11,16H,3-4,12-13H2/b6-2+. The average Bonchev–Trinajstić information content (AvgIpc) is 3.35. The summed E-state index contributed by atoms with van der Waals surface area (Å²) in [5, 5.41) is 0. The van der Waals surface area contributed by atoms with Gasteiger partial charge in [0.25, 0.3) is 0 Å². The van der Waals surface area contributed by atoms with Crippen molar-refractivity contribution in [1.29, 1.82) is 0 Å². The molecule has 2 aliphatic rings. The number of hydrogen-bond acceptors (Lipinski definition) is 4. The summed E-state index contributed by atoms with van der Waals surface area (Å²) in [5.74, 6) is 1.50. The summed E-state index contributed by atoms with van der Waals surface area (Å²) >= 11 is 0. The number of carbonyl (C=O) groups is 1. The quantitative estimate of drug-likeness (QED) is 0.794. The van der Waals surface area contributed by atoms with Crippen LogP contribution in [0, 0.1) is 0 Å². The lowest BCUT2D eigenvalue weighted by molar-refractivity contribution is -0.127. The normalized spacial score (nSPS) is 15.7. The molecule has 1 aromatic heterocycles. The number of hydrogen-bond donors (Lipinski definition) is 0. The van der Waals surface area contributed by atoms with Crippen LogP contribution >= 0.6 is 0 Å². The van der Waals surface area contributed by atoms with E-state index in [0.29, 0.717) is 12.6 Å². The number of benzene rings is 1. The van der Waals surface area contributed by atoms with E-state index in [9.17, 15) is 4.79 Å². The molecule has 24 heavy (non-hydrogen) atoms. The maximum atomic E-state index is 12.6. The molecular formula is C19H18N2O3. The summed E-state index contributed by atoms with van der Waals surface area (Å²) in [7, 11) is 0. The molecule has 1 aliphatic heterocycles. The number of amides is 1. The van der Waals surface area contributed by atoms with Gasteiger partial charge in [-0.15, -0.1) is 0 Å². The Hall–Kier alpha value is -2.82. The first-order valence-corrected chi connectivity index (χ1v) is 8.07. The topological polar surface area (TPSA) is 51.7 Å². The SMILES string of the molecule is O=C(/C=C/c1ccc2c(c1)OCO2)N(Cc1ccncc1)C1CC1. The van der Waals surface area contributed by atoms with Gasteiger partial charge in [0.1, 0.15) is 0 Å². The van der Waals surface area contributed by atoms with Gasteiger partial charge >= 0.3 is 0 Å². The van der Waals surface area contributed by atoms with Crippen molar-refractivity contribution in [3.05, 3.63) is 59.9 Å². The van der Waals surface area contributed by atoms with Gasteiger partial charge in [0, 0.05) is 31.1 Å². The van der Waals surface area contributed by atoms with E-state index >= 15 is 0 Å². The van der Waals surface area contributed by atoms with Crippen LogP contribution in [0.2, 0.25) is 0 Å². The summed E-state index contributed by atoms with van der Waals surface area (Å²) in [6.07, 6.45) is 9.13. The molecule has 1 amide bonds. The van der Waals surface area contributed by atoms with Crippen LogP contribution in [0.5, 0.6) is 11.5 Å². The van der Waals surface area contributed by atoms with Crippen molar-refractivity contribution < 1.29 is 14.3 Å². The Balaban J connectivity index is 1.47. The fourth-order valence-corrected chi connectivity index (χ4v) is 2.74. The monoisotopic (exact) mass is 322 g/mol. The molecule has 0 unspecified atom stereocenters. The second-order valence-electron chi connectivity index (χ2n) is 6.00. The molecule has 5 heteroatoms. The lowest BCUT2D eigenvalue weighted by Gasteiger charge is -2.20. The predicted molar refractivity (Wildman–Crippen MR) is 89.4 cm³/mol. The molecular weight excluding hydrogens is 304 g/mol. The van der Waals surface area contributed by atoms with Crippen molar-refractivity contribution in [3.63, 3.8) is 0 Å². The van der Waals surface area contributed by atoms with E-state index < -0.39 is 0 Å². The maximum Gasteiger partial charge on any atom is 0.247 e. The maximum absolute atomic E-state index is 12.6. The van der Waals surface area contributed by atoms with Gasteiger partial charge in [0.2, 0.25) is 12.7 Å². The molecule has 0 atom stereocenters. The van der Waals surface area contributed by atoms with Gasteiger partial charge in [0.15, 0.2) is 11.5 Å². The highest BCUT2D eigenvalue weighted by Crippen LogP contribution is 2.33. The molecule has 2 aromatic rings. The highest BCUT2D eigenvalue weighted by atomic mass is 16.7. The number of ether oxygens (including phenoxy) is 2. The summed E-state index contributed by atoms with van der Waals surface area (Å²) in [6, 6.07) is 9.92. The van der Waals surface area contributed by atoms with Crippen LogP contribution in [0.15, 0.2) is 48.8 Å². The minimum absolute atomic E-state index is 0.0342. The lowest BCUT2D eigenvalue weighted by Crippen LogP contribution is -2.31. The van der Waals surface area contributed by atoms with Gasteiger partial charge < -0.3 is 14.4 Å². The van der Waals surface area contributed by atoms with E-state index in [1.54, 1.807) is 18.5 Å².